The molecule has 1 heterocycles. The van der Waals surface area contributed by atoms with Crippen molar-refractivity contribution in [2.24, 2.45) is 11.7 Å². The van der Waals surface area contributed by atoms with Gasteiger partial charge in [-0.15, -0.1) is 0 Å². The van der Waals surface area contributed by atoms with E-state index in [0.717, 1.165) is 19.4 Å². The molecule has 0 bridgehead atoms. The molecule has 116 valence electrons. The molecule has 0 spiro atoms. The zero-order valence-corrected chi connectivity index (χ0v) is 13.8. The van der Waals surface area contributed by atoms with Crippen LogP contribution in [0.4, 0.5) is 0 Å². The highest BCUT2D eigenvalue weighted by Gasteiger charge is 2.30. The number of amides is 1. The first-order valence-corrected chi connectivity index (χ1v) is 8.03. The average molecular weight is 288 g/mol. The molecule has 2 unspecified atom stereocenters. The van der Waals surface area contributed by atoms with Gasteiger partial charge in [0.2, 0.25) is 5.91 Å². The number of benzene rings is 1. The van der Waals surface area contributed by atoms with E-state index in [2.05, 4.69) is 39.8 Å². The Hall–Kier alpha value is -1.35. The monoisotopic (exact) mass is 288 g/mol. The molecule has 1 aliphatic heterocycles. The van der Waals surface area contributed by atoms with E-state index in [-0.39, 0.29) is 11.9 Å². The van der Waals surface area contributed by atoms with Crippen molar-refractivity contribution in [1.29, 1.82) is 0 Å². The minimum atomic E-state index is -0.0880. The maximum atomic E-state index is 12.1. The zero-order chi connectivity index (χ0) is 15.6. The smallest absolute Gasteiger partial charge is 0.222 e. The van der Waals surface area contributed by atoms with Crippen LogP contribution < -0.4 is 5.73 Å². The molecule has 21 heavy (non-hydrogen) atoms. The molecule has 2 atom stereocenters. The SMILES string of the molecule is CCCC1CC(=O)N(CC(N)c2c(C)cc(C)cc2C)C1. The van der Waals surface area contributed by atoms with E-state index >= 15 is 0 Å². The number of hydrogen-bond donors (Lipinski definition) is 1. The molecule has 1 aromatic carbocycles. The molecule has 0 aromatic heterocycles. The van der Waals surface area contributed by atoms with Gasteiger partial charge in [-0.25, -0.2) is 0 Å². The van der Waals surface area contributed by atoms with Gasteiger partial charge in [-0.1, -0.05) is 31.0 Å². The van der Waals surface area contributed by atoms with E-state index in [1.165, 1.54) is 22.3 Å². The molecule has 2 rings (SSSR count). The van der Waals surface area contributed by atoms with Crippen molar-refractivity contribution < 1.29 is 4.79 Å². The highest BCUT2D eigenvalue weighted by Crippen LogP contribution is 2.27. The Morgan fingerprint density at radius 1 is 1.29 bits per heavy atom. The van der Waals surface area contributed by atoms with Gasteiger partial charge >= 0.3 is 0 Å². The van der Waals surface area contributed by atoms with Crippen molar-refractivity contribution in [3.63, 3.8) is 0 Å². The number of nitrogens with two attached hydrogens (primary N) is 1. The molecule has 0 radical (unpaired) electrons. The second-order valence-electron chi connectivity index (χ2n) is 6.58. The van der Waals surface area contributed by atoms with Crippen LogP contribution in [0.3, 0.4) is 0 Å². The fourth-order valence-corrected chi connectivity index (χ4v) is 3.74. The predicted molar refractivity (Wildman–Crippen MR) is 87.2 cm³/mol. The summed E-state index contributed by atoms with van der Waals surface area (Å²) in [5, 5.41) is 0. The van der Waals surface area contributed by atoms with Gasteiger partial charge < -0.3 is 10.6 Å². The highest BCUT2D eigenvalue weighted by atomic mass is 16.2. The van der Waals surface area contributed by atoms with Gasteiger partial charge in [0.25, 0.3) is 0 Å². The third-order valence-electron chi connectivity index (χ3n) is 4.52. The molecular weight excluding hydrogens is 260 g/mol. The van der Waals surface area contributed by atoms with Crippen molar-refractivity contribution in [1.82, 2.24) is 4.90 Å². The predicted octanol–water partition coefficient (Wildman–Crippen LogP) is 3.26. The van der Waals surface area contributed by atoms with Crippen molar-refractivity contribution >= 4 is 5.91 Å². The van der Waals surface area contributed by atoms with Crippen LogP contribution in [0.5, 0.6) is 0 Å². The lowest BCUT2D eigenvalue weighted by molar-refractivity contribution is -0.127. The van der Waals surface area contributed by atoms with Crippen LogP contribution in [-0.4, -0.2) is 23.9 Å². The number of likely N-dealkylation sites (tertiary alicyclic amines) is 1. The Morgan fingerprint density at radius 3 is 2.48 bits per heavy atom. The lowest BCUT2D eigenvalue weighted by Crippen LogP contribution is -2.34. The summed E-state index contributed by atoms with van der Waals surface area (Å²) in [4.78, 5) is 14.1. The summed E-state index contributed by atoms with van der Waals surface area (Å²) >= 11 is 0. The maximum Gasteiger partial charge on any atom is 0.222 e. The van der Waals surface area contributed by atoms with Crippen LogP contribution in [0.2, 0.25) is 0 Å². The quantitative estimate of drug-likeness (QED) is 0.904. The van der Waals surface area contributed by atoms with E-state index in [9.17, 15) is 4.79 Å². The maximum absolute atomic E-state index is 12.1. The summed E-state index contributed by atoms with van der Waals surface area (Å²) in [6.45, 7) is 10.0. The van der Waals surface area contributed by atoms with Gasteiger partial charge in [0.05, 0.1) is 0 Å². The average Bonchev–Trinajstić information content (AvgIpc) is 2.68. The summed E-state index contributed by atoms with van der Waals surface area (Å²) < 4.78 is 0. The van der Waals surface area contributed by atoms with Crippen LogP contribution in [0.15, 0.2) is 12.1 Å². The molecule has 1 aromatic rings. The molecule has 0 saturated carbocycles. The normalized spacial score (nSPS) is 20.1. The topological polar surface area (TPSA) is 46.3 Å². The molecular formula is C18H28N2O. The minimum absolute atomic E-state index is 0.0880. The van der Waals surface area contributed by atoms with Crippen molar-refractivity contribution in [3.8, 4) is 0 Å². The molecule has 3 nitrogen and oxygen atoms in total. The first kappa shape index (κ1) is 16.0. The molecule has 1 fully saturated rings. The molecule has 3 heteroatoms. The summed E-state index contributed by atoms with van der Waals surface area (Å²) in [7, 11) is 0. The number of rotatable bonds is 5. The Bertz CT molecular complexity index is 501. The summed E-state index contributed by atoms with van der Waals surface area (Å²) in [5.74, 6) is 0.793. The zero-order valence-electron chi connectivity index (χ0n) is 13.8. The molecule has 1 saturated heterocycles. The van der Waals surface area contributed by atoms with E-state index in [0.29, 0.717) is 18.9 Å². The fourth-order valence-electron chi connectivity index (χ4n) is 3.74. The molecule has 1 amide bonds. The summed E-state index contributed by atoms with van der Waals surface area (Å²) in [6, 6.07) is 4.26. The number of hydrogen-bond acceptors (Lipinski definition) is 2. The van der Waals surface area contributed by atoms with E-state index in [1.807, 2.05) is 4.90 Å². The van der Waals surface area contributed by atoms with Crippen molar-refractivity contribution in [3.05, 3.63) is 34.4 Å². The van der Waals surface area contributed by atoms with Crippen molar-refractivity contribution in [2.45, 2.75) is 53.0 Å². The summed E-state index contributed by atoms with van der Waals surface area (Å²) in [6.07, 6.45) is 2.99. The Kier molecular flexibility index (Phi) is 5.04. The van der Waals surface area contributed by atoms with Gasteiger partial charge in [0, 0.05) is 25.6 Å². The van der Waals surface area contributed by atoms with Gasteiger partial charge in [0.1, 0.15) is 0 Å². The van der Waals surface area contributed by atoms with Crippen LogP contribution in [0.25, 0.3) is 0 Å². The largest absolute Gasteiger partial charge is 0.340 e. The number of nitrogens with zero attached hydrogens (tertiary/aromatic N) is 1. The van der Waals surface area contributed by atoms with E-state index in [4.69, 9.17) is 5.73 Å². The number of carbonyl (C=O) groups is 1. The van der Waals surface area contributed by atoms with Crippen LogP contribution in [0, 0.1) is 26.7 Å². The number of aryl methyl sites for hydroxylation is 3. The Balaban J connectivity index is 2.08. The van der Waals surface area contributed by atoms with Gasteiger partial charge in [-0.05, 0) is 49.8 Å². The first-order chi connectivity index (χ1) is 9.92. The lowest BCUT2D eigenvalue weighted by atomic mass is 9.94. The van der Waals surface area contributed by atoms with E-state index < -0.39 is 0 Å². The fraction of sp³-hybridized carbons (Fsp3) is 0.611. The van der Waals surface area contributed by atoms with Gasteiger partial charge in [-0.2, -0.15) is 0 Å². The molecule has 1 aliphatic rings. The van der Waals surface area contributed by atoms with Crippen LogP contribution in [-0.2, 0) is 4.79 Å². The molecule has 2 N–H and O–H groups in total. The van der Waals surface area contributed by atoms with Gasteiger partial charge in [0.15, 0.2) is 0 Å². The third kappa shape index (κ3) is 3.65. The van der Waals surface area contributed by atoms with Crippen molar-refractivity contribution in [2.75, 3.05) is 13.1 Å². The van der Waals surface area contributed by atoms with E-state index in [1.54, 1.807) is 0 Å². The first-order valence-electron chi connectivity index (χ1n) is 8.03. The molecule has 0 aliphatic carbocycles. The lowest BCUT2D eigenvalue weighted by Gasteiger charge is -2.24. The second-order valence-corrected chi connectivity index (χ2v) is 6.58. The standard InChI is InChI=1S/C18H28N2O/c1-5-6-15-9-17(21)20(10-15)11-16(19)18-13(3)7-12(2)8-14(18)4/h7-8,15-16H,5-6,9-11,19H2,1-4H3. The Labute approximate surface area is 128 Å². The van der Waals surface area contributed by atoms with Crippen LogP contribution >= 0.6 is 0 Å². The highest BCUT2D eigenvalue weighted by molar-refractivity contribution is 5.78. The van der Waals surface area contributed by atoms with Crippen LogP contribution in [0.1, 0.15) is 54.5 Å². The second kappa shape index (κ2) is 6.61. The summed E-state index contributed by atoms with van der Waals surface area (Å²) in [5.41, 5.74) is 11.3. The number of carbonyl (C=O) groups excluding carboxylic acids is 1. The van der Waals surface area contributed by atoms with Gasteiger partial charge in [-0.3, -0.25) is 4.79 Å². The third-order valence-corrected chi connectivity index (χ3v) is 4.52. The minimum Gasteiger partial charge on any atom is -0.340 e. The Morgan fingerprint density at radius 2 is 1.90 bits per heavy atom.